The Morgan fingerprint density at radius 2 is 1.82 bits per heavy atom. The van der Waals surface area contributed by atoms with Gasteiger partial charge in [-0.2, -0.15) is 0 Å². The SMILES string of the molecule is Cc1nc(N(CC2CC2)CC2CC2)sc1CN. The Balaban J connectivity index is 1.74. The highest BCUT2D eigenvalue weighted by Gasteiger charge is 2.30. The molecule has 0 spiro atoms. The zero-order valence-corrected chi connectivity index (χ0v) is 11.3. The van der Waals surface area contributed by atoms with Crippen molar-refractivity contribution in [1.82, 2.24) is 4.98 Å². The van der Waals surface area contributed by atoms with Gasteiger partial charge in [0.1, 0.15) is 0 Å². The van der Waals surface area contributed by atoms with Crippen LogP contribution in [0.1, 0.15) is 36.3 Å². The van der Waals surface area contributed by atoms with Gasteiger partial charge in [-0.15, -0.1) is 11.3 Å². The smallest absolute Gasteiger partial charge is 0.185 e. The van der Waals surface area contributed by atoms with E-state index in [0.717, 1.165) is 17.5 Å². The van der Waals surface area contributed by atoms with Gasteiger partial charge in [-0.1, -0.05) is 0 Å². The van der Waals surface area contributed by atoms with Crippen molar-refractivity contribution in [3.8, 4) is 0 Å². The molecule has 2 N–H and O–H groups in total. The average molecular weight is 251 g/mol. The molecule has 2 aliphatic carbocycles. The molecular weight excluding hydrogens is 230 g/mol. The lowest BCUT2D eigenvalue weighted by Crippen LogP contribution is -2.27. The molecule has 1 aromatic heterocycles. The maximum absolute atomic E-state index is 5.74. The topological polar surface area (TPSA) is 42.2 Å². The standard InChI is InChI=1S/C13H21N3S/c1-9-12(6-14)17-13(15-9)16(7-10-2-3-10)8-11-4-5-11/h10-11H,2-8,14H2,1H3. The van der Waals surface area contributed by atoms with Crippen LogP contribution in [0.5, 0.6) is 0 Å². The molecule has 3 rings (SSSR count). The number of nitrogens with zero attached hydrogens (tertiary/aromatic N) is 2. The van der Waals surface area contributed by atoms with Gasteiger partial charge >= 0.3 is 0 Å². The summed E-state index contributed by atoms with van der Waals surface area (Å²) in [5, 5.41) is 1.21. The Kier molecular flexibility index (Phi) is 3.09. The predicted octanol–water partition coefficient (Wildman–Crippen LogP) is 2.54. The van der Waals surface area contributed by atoms with Gasteiger partial charge in [0.2, 0.25) is 0 Å². The summed E-state index contributed by atoms with van der Waals surface area (Å²) in [6, 6.07) is 0. The summed E-state index contributed by atoms with van der Waals surface area (Å²) in [6.45, 7) is 5.14. The normalized spacial score (nSPS) is 19.6. The minimum atomic E-state index is 0.629. The number of thiazole rings is 1. The van der Waals surface area contributed by atoms with E-state index in [0.29, 0.717) is 6.54 Å². The Labute approximate surface area is 107 Å². The van der Waals surface area contributed by atoms with Gasteiger partial charge in [0.25, 0.3) is 0 Å². The number of aryl methyl sites for hydroxylation is 1. The highest BCUT2D eigenvalue weighted by Crippen LogP contribution is 2.37. The first-order valence-corrected chi connectivity index (χ1v) is 7.49. The lowest BCUT2D eigenvalue weighted by atomic mass is 10.3. The first-order chi connectivity index (χ1) is 8.26. The van der Waals surface area contributed by atoms with Gasteiger partial charge in [-0.3, -0.25) is 0 Å². The molecule has 3 nitrogen and oxygen atoms in total. The van der Waals surface area contributed by atoms with Crippen LogP contribution in [0.2, 0.25) is 0 Å². The molecule has 94 valence electrons. The van der Waals surface area contributed by atoms with E-state index in [1.807, 2.05) is 0 Å². The number of rotatable bonds is 6. The van der Waals surface area contributed by atoms with Gasteiger partial charge in [-0.25, -0.2) is 4.98 Å². The molecule has 0 unspecified atom stereocenters. The molecular formula is C13H21N3S. The second kappa shape index (κ2) is 4.58. The van der Waals surface area contributed by atoms with Crippen LogP contribution in [0.4, 0.5) is 5.13 Å². The van der Waals surface area contributed by atoms with Crippen LogP contribution in [0.15, 0.2) is 0 Å². The summed E-state index contributed by atoms with van der Waals surface area (Å²) in [4.78, 5) is 8.47. The molecule has 0 bridgehead atoms. The van der Waals surface area contributed by atoms with E-state index in [4.69, 9.17) is 10.7 Å². The zero-order valence-electron chi connectivity index (χ0n) is 10.5. The summed E-state index contributed by atoms with van der Waals surface area (Å²) in [5.74, 6) is 1.86. The summed E-state index contributed by atoms with van der Waals surface area (Å²) >= 11 is 1.80. The number of nitrogens with two attached hydrogens (primary N) is 1. The average Bonchev–Trinajstić information content (AvgIpc) is 3.21. The first kappa shape index (κ1) is 11.5. The lowest BCUT2D eigenvalue weighted by molar-refractivity contribution is 0.677. The second-order valence-corrected chi connectivity index (χ2v) is 6.56. The van der Waals surface area contributed by atoms with Crippen LogP contribution in [0.3, 0.4) is 0 Å². The fourth-order valence-electron chi connectivity index (χ4n) is 2.19. The van der Waals surface area contributed by atoms with E-state index in [2.05, 4.69) is 11.8 Å². The predicted molar refractivity (Wildman–Crippen MR) is 72.4 cm³/mol. The number of hydrogen-bond acceptors (Lipinski definition) is 4. The van der Waals surface area contributed by atoms with Gasteiger partial charge in [-0.05, 0) is 44.4 Å². The van der Waals surface area contributed by atoms with Crippen molar-refractivity contribution in [3.05, 3.63) is 10.6 Å². The molecule has 17 heavy (non-hydrogen) atoms. The third-order valence-electron chi connectivity index (χ3n) is 3.69. The molecule has 0 atom stereocenters. The Hall–Kier alpha value is -0.610. The van der Waals surface area contributed by atoms with E-state index < -0.39 is 0 Å². The number of aromatic nitrogens is 1. The van der Waals surface area contributed by atoms with Gasteiger partial charge in [0.15, 0.2) is 5.13 Å². The summed E-state index contributed by atoms with van der Waals surface area (Å²) in [6.07, 6.45) is 5.65. The van der Waals surface area contributed by atoms with Crippen molar-refractivity contribution in [2.24, 2.45) is 17.6 Å². The Morgan fingerprint density at radius 1 is 1.24 bits per heavy atom. The lowest BCUT2D eigenvalue weighted by Gasteiger charge is -2.21. The highest BCUT2D eigenvalue weighted by molar-refractivity contribution is 7.15. The third kappa shape index (κ3) is 2.80. The van der Waals surface area contributed by atoms with Crippen molar-refractivity contribution in [2.45, 2.75) is 39.2 Å². The third-order valence-corrected chi connectivity index (χ3v) is 4.93. The van der Waals surface area contributed by atoms with E-state index >= 15 is 0 Å². The molecule has 1 aromatic rings. The fraction of sp³-hybridized carbons (Fsp3) is 0.769. The van der Waals surface area contributed by atoms with Crippen molar-refractivity contribution in [1.29, 1.82) is 0 Å². The van der Waals surface area contributed by atoms with Crippen LogP contribution >= 0.6 is 11.3 Å². The minimum Gasteiger partial charge on any atom is -0.348 e. The van der Waals surface area contributed by atoms with E-state index in [-0.39, 0.29) is 0 Å². The summed E-state index contributed by atoms with van der Waals surface area (Å²) in [5.41, 5.74) is 6.87. The monoisotopic (exact) mass is 251 g/mol. The second-order valence-electron chi connectivity index (χ2n) is 5.50. The quantitative estimate of drug-likeness (QED) is 0.845. The Morgan fingerprint density at radius 3 is 2.24 bits per heavy atom. The van der Waals surface area contributed by atoms with E-state index in [1.54, 1.807) is 11.3 Å². The molecule has 0 radical (unpaired) electrons. The number of anilines is 1. The fourth-order valence-corrected chi connectivity index (χ4v) is 3.15. The molecule has 0 aliphatic heterocycles. The van der Waals surface area contributed by atoms with Crippen molar-refractivity contribution >= 4 is 16.5 Å². The van der Waals surface area contributed by atoms with Crippen LogP contribution < -0.4 is 10.6 Å². The van der Waals surface area contributed by atoms with Gasteiger partial charge < -0.3 is 10.6 Å². The van der Waals surface area contributed by atoms with Gasteiger partial charge in [0, 0.05) is 24.5 Å². The van der Waals surface area contributed by atoms with Crippen LogP contribution in [-0.2, 0) is 6.54 Å². The molecule has 2 saturated carbocycles. The van der Waals surface area contributed by atoms with Crippen LogP contribution in [0, 0.1) is 18.8 Å². The molecule has 2 fully saturated rings. The van der Waals surface area contributed by atoms with Crippen LogP contribution in [0.25, 0.3) is 0 Å². The number of hydrogen-bond donors (Lipinski definition) is 1. The molecule has 0 saturated heterocycles. The zero-order chi connectivity index (χ0) is 11.8. The van der Waals surface area contributed by atoms with Crippen molar-refractivity contribution in [3.63, 3.8) is 0 Å². The molecule has 4 heteroatoms. The van der Waals surface area contributed by atoms with Crippen LogP contribution in [-0.4, -0.2) is 18.1 Å². The molecule has 0 amide bonds. The first-order valence-electron chi connectivity index (χ1n) is 6.67. The highest BCUT2D eigenvalue weighted by atomic mass is 32.1. The van der Waals surface area contributed by atoms with Gasteiger partial charge in [0.05, 0.1) is 5.69 Å². The largest absolute Gasteiger partial charge is 0.348 e. The maximum atomic E-state index is 5.74. The van der Waals surface area contributed by atoms with Crippen molar-refractivity contribution < 1.29 is 0 Å². The van der Waals surface area contributed by atoms with Crippen molar-refractivity contribution in [2.75, 3.05) is 18.0 Å². The summed E-state index contributed by atoms with van der Waals surface area (Å²) in [7, 11) is 0. The van der Waals surface area contributed by atoms with E-state index in [1.165, 1.54) is 48.8 Å². The molecule has 0 aromatic carbocycles. The maximum Gasteiger partial charge on any atom is 0.185 e. The van der Waals surface area contributed by atoms with E-state index in [9.17, 15) is 0 Å². The molecule has 2 aliphatic rings. The Bertz CT molecular complexity index is 379. The molecule has 1 heterocycles. The summed E-state index contributed by atoms with van der Waals surface area (Å²) < 4.78 is 0. The minimum absolute atomic E-state index is 0.629.